The molecular formula is C10H11ClO3. The fraction of sp³-hybridized carbons (Fsp3) is 0.300. The van der Waals surface area contributed by atoms with Gasteiger partial charge in [-0.2, -0.15) is 0 Å². The van der Waals surface area contributed by atoms with Crippen LogP contribution in [0.15, 0.2) is 18.2 Å². The second kappa shape index (κ2) is 4.44. The monoisotopic (exact) mass is 214 g/mol. The largest absolute Gasteiger partial charge is 0.467 e. The van der Waals surface area contributed by atoms with E-state index in [9.17, 15) is 9.90 Å². The lowest BCUT2D eigenvalue weighted by Gasteiger charge is -2.09. The number of aliphatic hydroxyl groups excluding tert-OH is 1. The summed E-state index contributed by atoms with van der Waals surface area (Å²) < 4.78 is 4.41. The molecule has 1 aromatic carbocycles. The van der Waals surface area contributed by atoms with Gasteiger partial charge in [-0.1, -0.05) is 23.7 Å². The van der Waals surface area contributed by atoms with E-state index in [1.54, 1.807) is 25.1 Å². The number of rotatable bonds is 2. The molecule has 0 aliphatic heterocycles. The number of benzene rings is 1. The van der Waals surface area contributed by atoms with Crippen LogP contribution < -0.4 is 0 Å². The Kier molecular flexibility index (Phi) is 3.49. The summed E-state index contributed by atoms with van der Waals surface area (Å²) in [5, 5.41) is 10.1. The summed E-state index contributed by atoms with van der Waals surface area (Å²) in [6.45, 7) is 1.80. The van der Waals surface area contributed by atoms with Crippen LogP contribution in [0.4, 0.5) is 0 Å². The van der Waals surface area contributed by atoms with Gasteiger partial charge in [-0.3, -0.25) is 0 Å². The molecule has 3 nitrogen and oxygen atoms in total. The van der Waals surface area contributed by atoms with Crippen molar-refractivity contribution < 1.29 is 14.6 Å². The third kappa shape index (κ3) is 2.25. The van der Waals surface area contributed by atoms with Gasteiger partial charge in [0.25, 0.3) is 0 Å². The van der Waals surface area contributed by atoms with Gasteiger partial charge in [0.1, 0.15) is 0 Å². The Hall–Kier alpha value is -1.06. The molecule has 0 radical (unpaired) electrons. The average Bonchev–Trinajstić information content (AvgIpc) is 2.20. The quantitative estimate of drug-likeness (QED) is 0.765. The number of halogens is 1. The van der Waals surface area contributed by atoms with E-state index in [-0.39, 0.29) is 0 Å². The molecule has 0 aliphatic carbocycles. The summed E-state index contributed by atoms with van der Waals surface area (Å²) in [5.41, 5.74) is 1.30. The highest BCUT2D eigenvalue weighted by atomic mass is 35.5. The van der Waals surface area contributed by atoms with Crippen LogP contribution in [0.25, 0.3) is 0 Å². The minimum Gasteiger partial charge on any atom is -0.467 e. The number of aliphatic hydroxyl groups is 1. The zero-order chi connectivity index (χ0) is 10.7. The summed E-state index contributed by atoms with van der Waals surface area (Å²) in [7, 11) is 1.23. The Bertz CT molecular complexity index is 349. The van der Waals surface area contributed by atoms with Crippen molar-refractivity contribution in [1.82, 2.24) is 0 Å². The molecule has 0 heterocycles. The fourth-order valence-corrected chi connectivity index (χ4v) is 1.20. The van der Waals surface area contributed by atoms with E-state index in [0.717, 1.165) is 5.56 Å². The van der Waals surface area contributed by atoms with E-state index in [1.165, 1.54) is 7.11 Å². The van der Waals surface area contributed by atoms with Crippen molar-refractivity contribution in [3.63, 3.8) is 0 Å². The number of esters is 1. The average molecular weight is 215 g/mol. The summed E-state index contributed by atoms with van der Waals surface area (Å²) >= 11 is 5.80. The molecule has 76 valence electrons. The number of ether oxygens (including phenoxy) is 1. The molecular weight excluding hydrogens is 204 g/mol. The molecule has 0 aliphatic rings. The van der Waals surface area contributed by atoms with E-state index < -0.39 is 12.1 Å². The molecule has 1 unspecified atom stereocenters. The molecule has 0 saturated carbocycles. The topological polar surface area (TPSA) is 46.5 Å². The zero-order valence-electron chi connectivity index (χ0n) is 7.95. The van der Waals surface area contributed by atoms with Gasteiger partial charge in [-0.05, 0) is 24.1 Å². The van der Waals surface area contributed by atoms with Gasteiger partial charge in [0.15, 0.2) is 6.10 Å². The second-order valence-corrected chi connectivity index (χ2v) is 3.34. The van der Waals surface area contributed by atoms with Crippen LogP contribution >= 0.6 is 11.6 Å². The molecule has 1 rings (SSSR count). The van der Waals surface area contributed by atoms with Gasteiger partial charge in [-0.25, -0.2) is 4.79 Å². The molecule has 0 bridgehead atoms. The maximum absolute atomic E-state index is 11.0. The van der Waals surface area contributed by atoms with Crippen LogP contribution in [0.1, 0.15) is 17.2 Å². The summed E-state index contributed by atoms with van der Waals surface area (Å²) in [5.74, 6) is -0.674. The van der Waals surface area contributed by atoms with E-state index in [4.69, 9.17) is 11.6 Å². The highest BCUT2D eigenvalue weighted by Crippen LogP contribution is 2.21. The molecule has 1 aromatic rings. The van der Waals surface area contributed by atoms with Crippen LogP contribution in [-0.2, 0) is 9.53 Å². The van der Waals surface area contributed by atoms with Gasteiger partial charge in [0.2, 0.25) is 0 Å². The lowest BCUT2D eigenvalue weighted by Crippen LogP contribution is -2.13. The van der Waals surface area contributed by atoms with E-state index >= 15 is 0 Å². The molecule has 4 heteroatoms. The predicted octanol–water partition coefficient (Wildman–Crippen LogP) is 1.85. The zero-order valence-corrected chi connectivity index (χ0v) is 8.71. The van der Waals surface area contributed by atoms with Gasteiger partial charge in [0.05, 0.1) is 7.11 Å². The number of hydrogen-bond donors (Lipinski definition) is 1. The second-order valence-electron chi connectivity index (χ2n) is 2.93. The van der Waals surface area contributed by atoms with Crippen LogP contribution in [0.5, 0.6) is 0 Å². The third-order valence-corrected chi connectivity index (χ3v) is 2.35. The minimum absolute atomic E-state index is 0.485. The molecule has 0 aromatic heterocycles. The number of methoxy groups -OCH3 is 1. The predicted molar refractivity (Wildman–Crippen MR) is 53.2 cm³/mol. The number of aryl methyl sites for hydroxylation is 1. The summed E-state index contributed by atoms with van der Waals surface area (Å²) in [4.78, 5) is 11.0. The van der Waals surface area contributed by atoms with Crippen LogP contribution in [0.3, 0.4) is 0 Å². The van der Waals surface area contributed by atoms with Gasteiger partial charge < -0.3 is 9.84 Å². The SMILES string of the molecule is COC(=O)C(O)c1ccc(Cl)c(C)c1. The number of carbonyl (C=O) groups excluding carboxylic acids is 1. The highest BCUT2D eigenvalue weighted by molar-refractivity contribution is 6.31. The Morgan fingerprint density at radius 1 is 1.57 bits per heavy atom. The molecule has 1 N–H and O–H groups in total. The first-order valence-electron chi connectivity index (χ1n) is 4.08. The van der Waals surface area contributed by atoms with Gasteiger partial charge in [0, 0.05) is 5.02 Å². The molecule has 0 amide bonds. The van der Waals surface area contributed by atoms with Crippen molar-refractivity contribution in [1.29, 1.82) is 0 Å². The summed E-state index contributed by atoms with van der Waals surface area (Å²) in [6, 6.07) is 4.89. The van der Waals surface area contributed by atoms with Crippen LogP contribution in [0, 0.1) is 6.92 Å². The van der Waals surface area contributed by atoms with Crippen molar-refractivity contribution in [2.24, 2.45) is 0 Å². The van der Waals surface area contributed by atoms with Crippen molar-refractivity contribution in [2.75, 3.05) is 7.11 Å². The van der Waals surface area contributed by atoms with Crippen molar-refractivity contribution >= 4 is 17.6 Å². The van der Waals surface area contributed by atoms with Gasteiger partial charge in [-0.15, -0.1) is 0 Å². The smallest absolute Gasteiger partial charge is 0.339 e. The maximum atomic E-state index is 11.0. The molecule has 1 atom stereocenters. The van der Waals surface area contributed by atoms with E-state index in [0.29, 0.717) is 10.6 Å². The Balaban J connectivity index is 2.96. The van der Waals surface area contributed by atoms with Crippen LogP contribution in [0.2, 0.25) is 5.02 Å². The first-order valence-corrected chi connectivity index (χ1v) is 4.46. The molecule has 0 fully saturated rings. The van der Waals surface area contributed by atoms with Crippen molar-refractivity contribution in [3.8, 4) is 0 Å². The Morgan fingerprint density at radius 3 is 2.71 bits per heavy atom. The molecule has 0 spiro atoms. The lowest BCUT2D eigenvalue weighted by atomic mass is 10.1. The minimum atomic E-state index is -1.24. The number of carbonyl (C=O) groups is 1. The van der Waals surface area contributed by atoms with Crippen LogP contribution in [-0.4, -0.2) is 18.2 Å². The van der Waals surface area contributed by atoms with Crippen molar-refractivity contribution in [3.05, 3.63) is 34.3 Å². The maximum Gasteiger partial charge on any atom is 0.339 e. The first-order chi connectivity index (χ1) is 6.56. The highest BCUT2D eigenvalue weighted by Gasteiger charge is 2.17. The number of hydrogen-bond acceptors (Lipinski definition) is 3. The van der Waals surface area contributed by atoms with E-state index in [2.05, 4.69) is 4.74 Å². The van der Waals surface area contributed by atoms with E-state index in [1.807, 2.05) is 0 Å². The Labute approximate surface area is 87.3 Å². The molecule has 0 saturated heterocycles. The van der Waals surface area contributed by atoms with Gasteiger partial charge >= 0.3 is 5.97 Å². The Morgan fingerprint density at radius 2 is 2.21 bits per heavy atom. The fourth-order valence-electron chi connectivity index (χ4n) is 1.09. The summed E-state index contributed by atoms with van der Waals surface area (Å²) in [6.07, 6.45) is -1.24. The molecule has 14 heavy (non-hydrogen) atoms. The standard InChI is InChI=1S/C10H11ClO3/c1-6-5-7(3-4-8(6)11)9(12)10(13)14-2/h3-5,9,12H,1-2H3. The first kappa shape index (κ1) is 11.0. The lowest BCUT2D eigenvalue weighted by molar-refractivity contribution is -0.150. The third-order valence-electron chi connectivity index (χ3n) is 1.92. The normalized spacial score (nSPS) is 12.3. The van der Waals surface area contributed by atoms with Crippen molar-refractivity contribution in [2.45, 2.75) is 13.0 Å².